The summed E-state index contributed by atoms with van der Waals surface area (Å²) < 4.78 is 1.93. The predicted molar refractivity (Wildman–Crippen MR) is 127 cm³/mol. The average molecular weight is 438 g/mol. The molecule has 0 saturated heterocycles. The first kappa shape index (κ1) is 20.6. The van der Waals surface area contributed by atoms with Crippen LogP contribution in [0, 0.1) is 13.8 Å². The molecule has 0 unspecified atom stereocenters. The van der Waals surface area contributed by atoms with Gasteiger partial charge in [-0.25, -0.2) is 0 Å². The number of rotatable bonds is 3. The van der Waals surface area contributed by atoms with Crippen LogP contribution in [0.5, 0.6) is 0 Å². The number of carbonyl (C=O) groups excluding carboxylic acids is 2. The molecule has 2 amide bonds. The lowest BCUT2D eigenvalue weighted by atomic mass is 10.0. The van der Waals surface area contributed by atoms with E-state index in [1.54, 1.807) is 35.5 Å². The van der Waals surface area contributed by atoms with Gasteiger partial charge in [0, 0.05) is 29.8 Å². The molecule has 0 atom stereocenters. The maximum atomic E-state index is 13.4. The summed E-state index contributed by atoms with van der Waals surface area (Å²) in [4.78, 5) is 28.0. The van der Waals surface area contributed by atoms with E-state index in [4.69, 9.17) is 0 Å². The van der Waals surface area contributed by atoms with Crippen LogP contribution in [-0.4, -0.2) is 33.1 Å². The Kier molecular flexibility index (Phi) is 5.22. The normalized spacial score (nSPS) is 12.5. The van der Waals surface area contributed by atoms with Gasteiger partial charge in [0.1, 0.15) is 12.2 Å². The zero-order valence-corrected chi connectivity index (χ0v) is 18.4. The molecule has 3 aromatic carbocycles. The SMILES string of the molecule is Cc1cccc(C)c1C(=O)Nc1ccc(C(=O)N2CCc3nncn3-c3ccccc32)cc1. The summed E-state index contributed by atoms with van der Waals surface area (Å²) in [6.07, 6.45) is 2.28. The van der Waals surface area contributed by atoms with Crippen molar-refractivity contribution in [2.24, 2.45) is 0 Å². The smallest absolute Gasteiger partial charge is 0.258 e. The van der Waals surface area contributed by atoms with Gasteiger partial charge in [0.15, 0.2) is 0 Å². The number of aryl methyl sites for hydroxylation is 2. The number of amides is 2. The number of hydrogen-bond acceptors (Lipinski definition) is 4. The summed E-state index contributed by atoms with van der Waals surface area (Å²) in [7, 11) is 0. The Labute approximate surface area is 191 Å². The maximum Gasteiger partial charge on any atom is 0.258 e. The van der Waals surface area contributed by atoms with E-state index in [1.165, 1.54) is 0 Å². The molecule has 1 aromatic heterocycles. The van der Waals surface area contributed by atoms with Crippen LogP contribution in [0.2, 0.25) is 0 Å². The van der Waals surface area contributed by atoms with Crippen LogP contribution in [0.1, 0.15) is 37.7 Å². The summed E-state index contributed by atoms with van der Waals surface area (Å²) in [5, 5.41) is 11.1. The van der Waals surface area contributed by atoms with Gasteiger partial charge in [-0.05, 0) is 61.4 Å². The van der Waals surface area contributed by atoms with E-state index in [9.17, 15) is 9.59 Å². The lowest BCUT2D eigenvalue weighted by Gasteiger charge is -2.23. The van der Waals surface area contributed by atoms with E-state index >= 15 is 0 Å². The van der Waals surface area contributed by atoms with Gasteiger partial charge < -0.3 is 10.2 Å². The van der Waals surface area contributed by atoms with Crippen molar-refractivity contribution in [1.29, 1.82) is 0 Å². The van der Waals surface area contributed by atoms with Crippen LogP contribution in [0.3, 0.4) is 0 Å². The van der Waals surface area contributed by atoms with Gasteiger partial charge in [-0.15, -0.1) is 10.2 Å². The molecule has 1 aliphatic rings. The number of benzene rings is 3. The van der Waals surface area contributed by atoms with E-state index in [2.05, 4.69) is 15.5 Å². The monoisotopic (exact) mass is 437 g/mol. The molecule has 5 rings (SSSR count). The highest BCUT2D eigenvalue weighted by molar-refractivity contribution is 6.08. The number of fused-ring (bicyclic) bond motifs is 3. The topological polar surface area (TPSA) is 80.1 Å². The second kappa shape index (κ2) is 8.35. The second-order valence-corrected chi connectivity index (χ2v) is 8.11. The molecule has 0 bridgehead atoms. The Morgan fingerprint density at radius 2 is 1.58 bits per heavy atom. The largest absolute Gasteiger partial charge is 0.322 e. The van der Waals surface area contributed by atoms with Crippen molar-refractivity contribution in [2.45, 2.75) is 20.3 Å². The molecule has 0 radical (unpaired) electrons. The average Bonchev–Trinajstić information content (AvgIpc) is 3.22. The Morgan fingerprint density at radius 3 is 2.30 bits per heavy atom. The lowest BCUT2D eigenvalue weighted by molar-refractivity contribution is 0.0986. The van der Waals surface area contributed by atoms with Crippen LogP contribution in [0.25, 0.3) is 5.69 Å². The Morgan fingerprint density at radius 1 is 0.879 bits per heavy atom. The highest BCUT2D eigenvalue weighted by Crippen LogP contribution is 2.29. The van der Waals surface area contributed by atoms with Crippen LogP contribution < -0.4 is 10.2 Å². The Balaban J connectivity index is 1.38. The molecule has 7 heteroatoms. The fourth-order valence-corrected chi connectivity index (χ4v) is 4.29. The molecule has 4 aromatic rings. The maximum absolute atomic E-state index is 13.4. The van der Waals surface area contributed by atoms with Crippen molar-refractivity contribution in [2.75, 3.05) is 16.8 Å². The van der Waals surface area contributed by atoms with E-state index in [1.807, 2.05) is 60.9 Å². The third-order valence-corrected chi connectivity index (χ3v) is 5.95. The molecule has 1 aliphatic heterocycles. The van der Waals surface area contributed by atoms with Crippen molar-refractivity contribution in [1.82, 2.24) is 14.8 Å². The Hall–Kier alpha value is -4.26. The van der Waals surface area contributed by atoms with Crippen LogP contribution in [0.15, 0.2) is 73.1 Å². The number of aromatic nitrogens is 3. The lowest BCUT2D eigenvalue weighted by Crippen LogP contribution is -2.32. The summed E-state index contributed by atoms with van der Waals surface area (Å²) >= 11 is 0. The van der Waals surface area contributed by atoms with Crippen molar-refractivity contribution < 1.29 is 9.59 Å². The van der Waals surface area contributed by atoms with Gasteiger partial charge >= 0.3 is 0 Å². The number of carbonyl (C=O) groups is 2. The molecule has 164 valence electrons. The summed E-state index contributed by atoms with van der Waals surface area (Å²) in [5.41, 5.74) is 5.40. The molecule has 0 fully saturated rings. The van der Waals surface area contributed by atoms with Crippen LogP contribution >= 0.6 is 0 Å². The van der Waals surface area contributed by atoms with Crippen molar-refractivity contribution in [3.05, 3.63) is 101 Å². The van der Waals surface area contributed by atoms with Crippen LogP contribution in [-0.2, 0) is 6.42 Å². The molecular weight excluding hydrogens is 414 g/mol. The summed E-state index contributed by atoms with van der Waals surface area (Å²) in [5.74, 6) is 0.560. The minimum absolute atomic E-state index is 0.103. The van der Waals surface area contributed by atoms with Crippen LogP contribution in [0.4, 0.5) is 11.4 Å². The fraction of sp³-hybridized carbons (Fsp3) is 0.154. The van der Waals surface area contributed by atoms with Gasteiger partial charge in [0.2, 0.25) is 0 Å². The Bertz CT molecular complexity index is 1340. The zero-order chi connectivity index (χ0) is 22.9. The van der Waals surface area contributed by atoms with E-state index < -0.39 is 0 Å². The molecule has 2 heterocycles. The minimum Gasteiger partial charge on any atom is -0.322 e. The third kappa shape index (κ3) is 3.78. The number of para-hydroxylation sites is 2. The highest BCUT2D eigenvalue weighted by Gasteiger charge is 2.25. The second-order valence-electron chi connectivity index (χ2n) is 8.11. The van der Waals surface area contributed by atoms with E-state index in [0.717, 1.165) is 28.3 Å². The molecule has 0 spiro atoms. The van der Waals surface area contributed by atoms with Gasteiger partial charge in [-0.1, -0.05) is 30.3 Å². The standard InChI is InChI=1S/C26H23N5O2/c1-17-6-5-7-18(2)24(17)25(32)28-20-12-10-19(11-13-20)26(33)30-15-14-23-29-27-16-31(23)22-9-4-3-8-21(22)30/h3-13,16H,14-15H2,1-2H3,(H,28,32). The van der Waals surface area contributed by atoms with Crippen molar-refractivity contribution in [3.63, 3.8) is 0 Å². The van der Waals surface area contributed by atoms with E-state index in [0.29, 0.717) is 29.8 Å². The van der Waals surface area contributed by atoms with Gasteiger partial charge in [0.05, 0.1) is 11.4 Å². The molecular formula is C26H23N5O2. The van der Waals surface area contributed by atoms with Gasteiger partial charge in [-0.3, -0.25) is 14.2 Å². The number of hydrogen-bond donors (Lipinski definition) is 1. The highest BCUT2D eigenvalue weighted by atomic mass is 16.2. The molecule has 7 nitrogen and oxygen atoms in total. The summed E-state index contributed by atoms with van der Waals surface area (Å²) in [6, 6.07) is 20.5. The number of anilines is 2. The third-order valence-electron chi connectivity index (χ3n) is 5.95. The molecule has 1 N–H and O–H groups in total. The van der Waals surface area contributed by atoms with E-state index in [-0.39, 0.29) is 11.8 Å². The number of nitrogens with zero attached hydrogens (tertiary/aromatic N) is 4. The first-order chi connectivity index (χ1) is 16.0. The first-order valence-electron chi connectivity index (χ1n) is 10.8. The molecule has 0 aliphatic carbocycles. The predicted octanol–water partition coefficient (Wildman–Crippen LogP) is 4.34. The quantitative estimate of drug-likeness (QED) is 0.517. The zero-order valence-electron chi connectivity index (χ0n) is 18.4. The van der Waals surface area contributed by atoms with Gasteiger partial charge in [-0.2, -0.15) is 0 Å². The number of nitrogens with one attached hydrogen (secondary N) is 1. The summed E-state index contributed by atoms with van der Waals surface area (Å²) in [6.45, 7) is 4.34. The first-order valence-corrected chi connectivity index (χ1v) is 10.8. The molecule has 33 heavy (non-hydrogen) atoms. The van der Waals surface area contributed by atoms with Gasteiger partial charge in [0.25, 0.3) is 11.8 Å². The van der Waals surface area contributed by atoms with Crippen molar-refractivity contribution >= 4 is 23.2 Å². The van der Waals surface area contributed by atoms with Crippen molar-refractivity contribution in [3.8, 4) is 5.69 Å². The fourth-order valence-electron chi connectivity index (χ4n) is 4.29. The molecule has 0 saturated carbocycles. The minimum atomic E-state index is -0.158.